The fourth-order valence-electron chi connectivity index (χ4n) is 6.70. The van der Waals surface area contributed by atoms with Crippen molar-refractivity contribution in [3.05, 3.63) is 0 Å². The van der Waals surface area contributed by atoms with Crippen LogP contribution in [0.15, 0.2) is 0 Å². The molecule has 0 radical (unpaired) electrons. The molecule has 0 aromatic heterocycles. The van der Waals surface area contributed by atoms with Gasteiger partial charge in [0.1, 0.15) is 0 Å². The van der Waals surface area contributed by atoms with E-state index in [1.165, 1.54) is 135 Å². The smallest absolute Gasteiger partial charge is 0.465 e. The lowest BCUT2D eigenvalue weighted by Gasteiger charge is -2.17. The SMILES string of the molecule is CCCCCCCCCC(=O)OCC1(CCCCCNCCCCCCOC(=O)OCC(CCCCCCC)CCCCCCC)CC1. The number of carbonyl (C=O) groups excluding carboxylic acids is 2. The molecule has 1 aliphatic carbocycles. The zero-order chi connectivity index (χ0) is 34.8. The molecule has 0 aromatic carbocycles. The maximum atomic E-state index is 12.2. The Balaban J connectivity index is 1.94. The first-order valence-corrected chi connectivity index (χ1v) is 21.2. The Kier molecular flexibility index (Phi) is 30.6. The van der Waals surface area contributed by atoms with Crippen LogP contribution in [-0.4, -0.2) is 45.0 Å². The molecule has 0 bridgehead atoms. The molecule has 1 fully saturated rings. The molecule has 0 spiro atoms. The van der Waals surface area contributed by atoms with Crippen LogP contribution in [0.5, 0.6) is 0 Å². The first-order valence-electron chi connectivity index (χ1n) is 21.2. The van der Waals surface area contributed by atoms with Crippen molar-refractivity contribution in [3.8, 4) is 0 Å². The molecule has 1 rings (SSSR count). The minimum Gasteiger partial charge on any atom is -0.465 e. The molecule has 48 heavy (non-hydrogen) atoms. The lowest BCUT2D eigenvalue weighted by atomic mass is 9.95. The molecule has 284 valence electrons. The van der Waals surface area contributed by atoms with Crippen molar-refractivity contribution in [2.45, 2.75) is 213 Å². The van der Waals surface area contributed by atoms with E-state index in [9.17, 15) is 9.59 Å². The van der Waals surface area contributed by atoms with E-state index in [1.54, 1.807) is 0 Å². The number of nitrogens with one attached hydrogen (secondary N) is 1. The van der Waals surface area contributed by atoms with Gasteiger partial charge in [-0.1, -0.05) is 149 Å². The van der Waals surface area contributed by atoms with E-state index in [-0.39, 0.29) is 5.97 Å². The predicted octanol–water partition coefficient (Wildman–Crippen LogP) is 12.7. The summed E-state index contributed by atoms with van der Waals surface area (Å²) in [5.41, 5.74) is 0.299. The van der Waals surface area contributed by atoms with Crippen molar-refractivity contribution in [1.29, 1.82) is 0 Å². The summed E-state index contributed by atoms with van der Waals surface area (Å²) in [7, 11) is 0. The van der Waals surface area contributed by atoms with E-state index in [0.29, 0.717) is 37.6 Å². The zero-order valence-electron chi connectivity index (χ0n) is 32.4. The highest BCUT2D eigenvalue weighted by Gasteiger charge is 2.43. The highest BCUT2D eigenvalue weighted by molar-refractivity contribution is 5.69. The van der Waals surface area contributed by atoms with Gasteiger partial charge in [-0.15, -0.1) is 0 Å². The molecule has 0 aliphatic heterocycles. The predicted molar refractivity (Wildman–Crippen MR) is 203 cm³/mol. The van der Waals surface area contributed by atoms with E-state index in [2.05, 4.69) is 26.1 Å². The third-order valence-electron chi connectivity index (χ3n) is 10.4. The monoisotopic (exact) mass is 680 g/mol. The van der Waals surface area contributed by atoms with Crippen LogP contribution >= 0.6 is 0 Å². The second kappa shape index (κ2) is 32.9. The number of rotatable bonds is 37. The van der Waals surface area contributed by atoms with E-state index < -0.39 is 6.16 Å². The summed E-state index contributed by atoms with van der Waals surface area (Å²) >= 11 is 0. The minimum absolute atomic E-state index is 0.0138. The van der Waals surface area contributed by atoms with Gasteiger partial charge in [0, 0.05) is 11.8 Å². The summed E-state index contributed by atoms with van der Waals surface area (Å²) in [5, 5.41) is 3.59. The Morgan fingerprint density at radius 2 is 1.06 bits per heavy atom. The lowest BCUT2D eigenvalue weighted by Crippen LogP contribution is -2.17. The molecule has 0 amide bonds. The average molecular weight is 680 g/mol. The van der Waals surface area contributed by atoms with E-state index in [4.69, 9.17) is 14.2 Å². The molecular weight excluding hydrogens is 598 g/mol. The highest BCUT2D eigenvalue weighted by atomic mass is 16.7. The summed E-state index contributed by atoms with van der Waals surface area (Å²) in [6.45, 7) is 10.5. The van der Waals surface area contributed by atoms with Crippen molar-refractivity contribution in [1.82, 2.24) is 5.32 Å². The van der Waals surface area contributed by atoms with Gasteiger partial charge in [-0.25, -0.2) is 4.79 Å². The lowest BCUT2D eigenvalue weighted by molar-refractivity contribution is -0.145. The average Bonchev–Trinajstić information content (AvgIpc) is 3.87. The van der Waals surface area contributed by atoms with Gasteiger partial charge >= 0.3 is 12.1 Å². The van der Waals surface area contributed by atoms with Gasteiger partial charge in [-0.3, -0.25) is 4.79 Å². The van der Waals surface area contributed by atoms with Crippen LogP contribution in [0.25, 0.3) is 0 Å². The van der Waals surface area contributed by atoms with Gasteiger partial charge in [0.05, 0.1) is 19.8 Å². The molecule has 1 aliphatic rings. The fourth-order valence-corrected chi connectivity index (χ4v) is 6.70. The summed E-state index contributed by atoms with van der Waals surface area (Å²) in [6, 6.07) is 0. The number of ether oxygens (including phenoxy) is 3. The number of carbonyl (C=O) groups is 2. The van der Waals surface area contributed by atoms with Crippen LogP contribution in [-0.2, 0) is 19.0 Å². The third kappa shape index (κ3) is 28.5. The standard InChI is InChI=1S/C42H81NO5/c1-4-7-10-13-14-17-23-30-40(44)48-38-42(32-33-42)31-24-20-26-35-43-34-25-18-19-27-36-46-41(45)47-37-39(28-21-15-11-8-5-2)29-22-16-12-9-6-3/h39,43H,4-38H2,1-3H3. The van der Waals surface area contributed by atoms with Gasteiger partial charge in [0.2, 0.25) is 0 Å². The van der Waals surface area contributed by atoms with Gasteiger partial charge in [-0.2, -0.15) is 0 Å². The maximum absolute atomic E-state index is 12.2. The molecule has 0 atom stereocenters. The topological polar surface area (TPSA) is 73.9 Å². The number of hydrogen-bond acceptors (Lipinski definition) is 6. The highest BCUT2D eigenvalue weighted by Crippen LogP contribution is 2.50. The van der Waals surface area contributed by atoms with Gasteiger partial charge in [-0.05, 0) is 76.8 Å². The Hall–Kier alpha value is -1.30. The second-order valence-electron chi connectivity index (χ2n) is 15.2. The van der Waals surface area contributed by atoms with Gasteiger partial charge in [0.25, 0.3) is 0 Å². The Bertz CT molecular complexity index is 711. The van der Waals surface area contributed by atoms with Crippen LogP contribution in [0, 0.1) is 11.3 Å². The number of hydrogen-bond donors (Lipinski definition) is 1. The fraction of sp³-hybridized carbons (Fsp3) is 0.952. The number of esters is 1. The molecule has 0 unspecified atom stereocenters. The van der Waals surface area contributed by atoms with E-state index in [1.807, 2.05) is 0 Å². The molecular formula is C42H81NO5. The maximum Gasteiger partial charge on any atom is 0.508 e. The molecule has 0 saturated heterocycles. The van der Waals surface area contributed by atoms with Crippen LogP contribution in [0.2, 0.25) is 0 Å². The molecule has 6 heteroatoms. The van der Waals surface area contributed by atoms with Crippen molar-refractivity contribution in [2.24, 2.45) is 11.3 Å². The largest absolute Gasteiger partial charge is 0.508 e. The van der Waals surface area contributed by atoms with Crippen molar-refractivity contribution >= 4 is 12.1 Å². The molecule has 1 saturated carbocycles. The molecule has 6 nitrogen and oxygen atoms in total. The first kappa shape index (κ1) is 44.7. The molecule has 0 aromatic rings. The Morgan fingerprint density at radius 1 is 0.562 bits per heavy atom. The van der Waals surface area contributed by atoms with Crippen LogP contribution < -0.4 is 5.32 Å². The third-order valence-corrected chi connectivity index (χ3v) is 10.4. The van der Waals surface area contributed by atoms with Crippen LogP contribution in [0.1, 0.15) is 213 Å². The van der Waals surface area contributed by atoms with Crippen molar-refractivity contribution in [2.75, 3.05) is 32.9 Å². The van der Waals surface area contributed by atoms with Gasteiger partial charge < -0.3 is 19.5 Å². The Labute approximate surface area is 298 Å². The summed E-state index contributed by atoms with van der Waals surface area (Å²) < 4.78 is 16.6. The van der Waals surface area contributed by atoms with Crippen LogP contribution in [0.4, 0.5) is 4.79 Å². The van der Waals surface area contributed by atoms with E-state index in [0.717, 1.165) is 64.5 Å². The Morgan fingerprint density at radius 3 is 1.65 bits per heavy atom. The summed E-state index contributed by atoms with van der Waals surface area (Å²) in [4.78, 5) is 24.3. The second-order valence-corrected chi connectivity index (χ2v) is 15.2. The normalized spacial score (nSPS) is 13.6. The van der Waals surface area contributed by atoms with Gasteiger partial charge in [0.15, 0.2) is 0 Å². The van der Waals surface area contributed by atoms with Crippen LogP contribution in [0.3, 0.4) is 0 Å². The molecule has 0 heterocycles. The quantitative estimate of drug-likeness (QED) is 0.0520. The first-order chi connectivity index (χ1) is 23.5. The zero-order valence-corrected chi connectivity index (χ0v) is 32.4. The van der Waals surface area contributed by atoms with Crippen molar-refractivity contribution in [3.63, 3.8) is 0 Å². The van der Waals surface area contributed by atoms with Crippen molar-refractivity contribution < 1.29 is 23.8 Å². The number of unbranched alkanes of at least 4 members (excludes halogenated alkanes) is 19. The summed E-state index contributed by atoms with van der Waals surface area (Å²) in [6.07, 6.45) is 35.6. The minimum atomic E-state index is -0.481. The molecule has 1 N–H and O–H groups in total. The summed E-state index contributed by atoms with van der Waals surface area (Å²) in [5.74, 6) is 0.490. The van der Waals surface area contributed by atoms with E-state index >= 15 is 0 Å².